The molecular weight excluding hydrogens is 604 g/mol. The van der Waals surface area contributed by atoms with Gasteiger partial charge in [-0.1, -0.05) is 86.7 Å². The fourth-order valence-electron chi connectivity index (χ4n) is 6.54. The van der Waals surface area contributed by atoms with Crippen molar-refractivity contribution in [3.8, 4) is 16.9 Å². The number of ether oxygens (including phenoxy) is 1. The maximum Gasteiger partial charge on any atom is 0.412 e. The van der Waals surface area contributed by atoms with Gasteiger partial charge in [0.15, 0.2) is 0 Å². The first-order valence-corrected chi connectivity index (χ1v) is 17.4. The van der Waals surface area contributed by atoms with Crippen molar-refractivity contribution in [1.29, 1.82) is 0 Å². The number of hydrogen-bond donors (Lipinski definition) is 5. The highest BCUT2D eigenvalue weighted by atomic mass is 16.6. The second-order valence-electron chi connectivity index (χ2n) is 13.2. The third-order valence-corrected chi connectivity index (χ3v) is 9.43. The molecule has 1 aliphatic rings. The van der Waals surface area contributed by atoms with Crippen LogP contribution in [-0.4, -0.2) is 64.5 Å². The van der Waals surface area contributed by atoms with Crippen molar-refractivity contribution in [1.82, 2.24) is 15.2 Å². The van der Waals surface area contributed by atoms with E-state index in [1.807, 2.05) is 61.5 Å². The first-order chi connectivity index (χ1) is 23.3. The lowest BCUT2D eigenvalue weighted by Crippen LogP contribution is -2.46. The summed E-state index contributed by atoms with van der Waals surface area (Å²) < 4.78 is 5.97. The monoisotopic (exact) mass is 654 g/mol. The van der Waals surface area contributed by atoms with Gasteiger partial charge in [-0.3, -0.25) is 10.1 Å². The zero-order valence-electron chi connectivity index (χ0n) is 28.0. The van der Waals surface area contributed by atoms with Crippen LogP contribution < -0.4 is 16.2 Å². The number of aliphatic hydroxyl groups is 1. The van der Waals surface area contributed by atoms with Crippen molar-refractivity contribution in [2.24, 2.45) is 0 Å². The van der Waals surface area contributed by atoms with Gasteiger partial charge in [-0.05, 0) is 75.0 Å². The van der Waals surface area contributed by atoms with Crippen LogP contribution in [0.4, 0.5) is 10.5 Å². The van der Waals surface area contributed by atoms with Crippen LogP contribution in [0.1, 0.15) is 76.4 Å². The molecule has 9 heteroatoms. The molecule has 1 aliphatic heterocycles. The Hall–Kier alpha value is -4.18. The molecule has 0 radical (unpaired) electrons. The number of rotatable bonds is 16. The van der Waals surface area contributed by atoms with E-state index in [-0.39, 0.29) is 11.3 Å². The molecule has 1 amide bonds. The van der Waals surface area contributed by atoms with Crippen LogP contribution in [0.25, 0.3) is 22.0 Å². The van der Waals surface area contributed by atoms with Crippen LogP contribution in [0, 0.1) is 0 Å². The van der Waals surface area contributed by atoms with E-state index in [0.29, 0.717) is 23.0 Å². The van der Waals surface area contributed by atoms with Crippen LogP contribution in [0.5, 0.6) is 5.75 Å². The normalized spacial score (nSPS) is 15.3. The van der Waals surface area contributed by atoms with Crippen LogP contribution in [0.15, 0.2) is 83.7 Å². The van der Waals surface area contributed by atoms with Crippen molar-refractivity contribution in [2.75, 3.05) is 38.0 Å². The minimum absolute atomic E-state index is 0.00332. The molecule has 2 heterocycles. The number of nitrogens with one attached hydrogen (secondary N) is 3. The number of amides is 1. The largest absolute Gasteiger partial charge is 0.506 e. The number of aliphatic hydroxyl groups excluding tert-OH is 1. The summed E-state index contributed by atoms with van der Waals surface area (Å²) in [6, 6.07) is 24.1. The average molecular weight is 655 g/mol. The van der Waals surface area contributed by atoms with Crippen LogP contribution in [0.2, 0.25) is 0 Å². The van der Waals surface area contributed by atoms with Crippen molar-refractivity contribution in [3.05, 3.63) is 94.8 Å². The number of likely N-dealkylation sites (tertiary alicyclic amines) is 1. The number of phenols is 1. The van der Waals surface area contributed by atoms with Gasteiger partial charge in [0.1, 0.15) is 11.4 Å². The average Bonchev–Trinajstić information content (AvgIpc) is 3.09. The third-order valence-electron chi connectivity index (χ3n) is 9.43. The van der Waals surface area contributed by atoms with Crippen molar-refractivity contribution < 1.29 is 19.7 Å². The smallest absolute Gasteiger partial charge is 0.412 e. The second-order valence-corrected chi connectivity index (χ2v) is 13.2. The van der Waals surface area contributed by atoms with Gasteiger partial charge in [0, 0.05) is 36.7 Å². The van der Waals surface area contributed by atoms with Crippen molar-refractivity contribution in [3.63, 3.8) is 0 Å². The summed E-state index contributed by atoms with van der Waals surface area (Å²) in [5, 5.41) is 27.7. The number of aromatic nitrogens is 1. The lowest BCUT2D eigenvalue weighted by Gasteiger charge is -2.38. The number of fused-ring (bicyclic) bond motifs is 1. The topological polar surface area (TPSA) is 127 Å². The van der Waals surface area contributed by atoms with E-state index >= 15 is 0 Å². The Labute approximate surface area is 283 Å². The number of pyridine rings is 1. The third kappa shape index (κ3) is 9.92. The summed E-state index contributed by atoms with van der Waals surface area (Å²) in [6.45, 7) is 6.27. The molecule has 0 spiro atoms. The van der Waals surface area contributed by atoms with E-state index in [0.717, 1.165) is 68.7 Å². The van der Waals surface area contributed by atoms with E-state index in [9.17, 15) is 19.8 Å². The number of nitrogens with zero attached hydrogens (tertiary/aromatic N) is 1. The number of unbranched alkanes of at least 4 members (excludes halogenated alkanes) is 6. The number of anilines is 1. The highest BCUT2D eigenvalue weighted by molar-refractivity contribution is 5.91. The maximum absolute atomic E-state index is 12.9. The first-order valence-electron chi connectivity index (χ1n) is 17.4. The predicted molar refractivity (Wildman–Crippen MR) is 192 cm³/mol. The fourth-order valence-corrected chi connectivity index (χ4v) is 6.54. The van der Waals surface area contributed by atoms with Gasteiger partial charge in [0.2, 0.25) is 5.56 Å². The molecule has 256 valence electrons. The lowest BCUT2D eigenvalue weighted by molar-refractivity contribution is -0.0163. The lowest BCUT2D eigenvalue weighted by atomic mass is 9.93. The van der Waals surface area contributed by atoms with E-state index in [2.05, 4.69) is 20.5 Å². The Morgan fingerprint density at radius 2 is 1.58 bits per heavy atom. The van der Waals surface area contributed by atoms with Gasteiger partial charge >= 0.3 is 6.09 Å². The Bertz CT molecular complexity index is 1670. The number of hydrogen-bond acceptors (Lipinski definition) is 7. The molecule has 0 aliphatic carbocycles. The molecule has 48 heavy (non-hydrogen) atoms. The van der Waals surface area contributed by atoms with E-state index in [4.69, 9.17) is 4.74 Å². The van der Waals surface area contributed by atoms with Crippen LogP contribution in [-0.2, 0) is 4.74 Å². The fraction of sp³-hybridized carbons (Fsp3) is 0.436. The molecule has 1 aromatic heterocycles. The van der Waals surface area contributed by atoms with Gasteiger partial charge in [0.25, 0.3) is 0 Å². The molecular formula is C39H50N4O5. The first kappa shape index (κ1) is 35.1. The molecule has 3 aromatic carbocycles. The maximum atomic E-state index is 12.9. The summed E-state index contributed by atoms with van der Waals surface area (Å²) >= 11 is 0. The standard InChI is InChI=1S/C39H50N4O5/c1-39(48-38(47)41-33-17-11-10-16-30(33)29-14-8-7-9-15-29)22-26-43(27-23-39)25-13-6-4-2-3-5-12-24-40-28-35(45)31-18-20-34(44)37-32(31)19-21-36(46)42-37/h7-11,14-21,35,40,44-45H,2-6,12-13,22-28H2,1H3,(H,41,47)(H,42,46)/t35-/m1/s1. The van der Waals surface area contributed by atoms with Gasteiger partial charge in [-0.25, -0.2) is 4.79 Å². The van der Waals surface area contributed by atoms with Gasteiger partial charge in [0.05, 0.1) is 17.3 Å². The van der Waals surface area contributed by atoms with Crippen molar-refractivity contribution in [2.45, 2.75) is 76.4 Å². The van der Waals surface area contributed by atoms with E-state index in [1.165, 1.54) is 44.2 Å². The molecule has 0 unspecified atom stereocenters. The molecule has 1 atom stereocenters. The zero-order chi connectivity index (χ0) is 33.8. The number of carbonyl (C=O) groups is 1. The number of phenolic OH excluding ortho intramolecular Hbond substituents is 1. The second kappa shape index (κ2) is 17.3. The minimum atomic E-state index is -0.729. The van der Waals surface area contributed by atoms with Crippen LogP contribution in [0.3, 0.4) is 0 Å². The summed E-state index contributed by atoms with van der Waals surface area (Å²) in [7, 11) is 0. The SMILES string of the molecule is CC1(OC(=O)Nc2ccccc2-c2ccccc2)CCN(CCCCCCCCCNC[C@@H](O)c2ccc(O)c3[nH]c(=O)ccc23)CC1. The number of aromatic hydroxyl groups is 1. The highest BCUT2D eigenvalue weighted by Gasteiger charge is 2.33. The number of piperidine rings is 1. The summed E-state index contributed by atoms with van der Waals surface area (Å²) in [5.74, 6) is -0.00332. The van der Waals surface area contributed by atoms with Gasteiger partial charge in [-0.2, -0.15) is 0 Å². The Balaban J connectivity index is 0.894. The van der Waals surface area contributed by atoms with Gasteiger partial charge in [-0.15, -0.1) is 0 Å². The van der Waals surface area contributed by atoms with Crippen LogP contribution >= 0.6 is 0 Å². The predicted octanol–water partition coefficient (Wildman–Crippen LogP) is 7.36. The summed E-state index contributed by atoms with van der Waals surface area (Å²) in [6.07, 6.45) is 8.84. The minimum Gasteiger partial charge on any atom is -0.506 e. The Morgan fingerprint density at radius 1 is 0.896 bits per heavy atom. The molecule has 1 fully saturated rings. The Kier molecular flexibility index (Phi) is 12.7. The van der Waals surface area contributed by atoms with E-state index in [1.54, 1.807) is 12.1 Å². The molecule has 1 saturated heterocycles. The molecule has 0 bridgehead atoms. The molecule has 5 N–H and O–H groups in total. The number of aromatic amines is 1. The van der Waals surface area contributed by atoms with E-state index < -0.39 is 17.8 Å². The zero-order valence-corrected chi connectivity index (χ0v) is 28.0. The molecule has 0 saturated carbocycles. The molecule has 5 rings (SSSR count). The van der Waals surface area contributed by atoms with Crippen molar-refractivity contribution >= 4 is 22.7 Å². The number of benzene rings is 3. The molecule has 9 nitrogen and oxygen atoms in total. The highest BCUT2D eigenvalue weighted by Crippen LogP contribution is 2.31. The number of H-pyrrole nitrogens is 1. The number of carbonyl (C=O) groups excluding carboxylic acids is 1. The Morgan fingerprint density at radius 3 is 2.35 bits per heavy atom. The summed E-state index contributed by atoms with van der Waals surface area (Å²) in [5.41, 5.74) is 3.07. The summed E-state index contributed by atoms with van der Waals surface area (Å²) in [4.78, 5) is 29.6. The quantitative estimate of drug-likeness (QED) is 0.0800. The molecule has 4 aromatic rings. The number of para-hydroxylation sites is 1. The van der Waals surface area contributed by atoms with Gasteiger partial charge < -0.3 is 30.2 Å².